The van der Waals surface area contributed by atoms with Crippen LogP contribution in [-0.2, 0) is 17.6 Å². The van der Waals surface area contributed by atoms with E-state index in [0.29, 0.717) is 4.88 Å². The number of carboxylic acids is 1. The number of β-amino-alcohol motifs (C(OH)–C–C–N with tert-alkyl or cyclic N) is 1. The maximum atomic E-state index is 12.4. The van der Waals surface area contributed by atoms with Gasteiger partial charge in [0.05, 0.1) is 11.0 Å². The van der Waals surface area contributed by atoms with Crippen LogP contribution in [0.4, 0.5) is 0 Å². The number of rotatable bonds is 2. The molecule has 102 valence electrons. The lowest BCUT2D eigenvalue weighted by Crippen LogP contribution is -2.40. The summed E-state index contributed by atoms with van der Waals surface area (Å²) in [5.41, 5.74) is 1.22. The third kappa shape index (κ3) is 2.15. The smallest absolute Gasteiger partial charge is 0.326 e. The number of thiophene rings is 1. The molecule has 0 saturated carbocycles. The Morgan fingerprint density at radius 1 is 1.37 bits per heavy atom. The number of aliphatic hydroxyl groups excluding tert-OH is 1. The number of carbonyl (C=O) groups is 2. The van der Waals surface area contributed by atoms with E-state index in [4.69, 9.17) is 5.11 Å². The van der Waals surface area contributed by atoms with E-state index >= 15 is 0 Å². The molecule has 1 saturated heterocycles. The van der Waals surface area contributed by atoms with Gasteiger partial charge in [-0.05, 0) is 30.9 Å². The summed E-state index contributed by atoms with van der Waals surface area (Å²) in [7, 11) is 0. The van der Waals surface area contributed by atoms with Crippen LogP contribution >= 0.6 is 11.3 Å². The molecule has 0 radical (unpaired) electrons. The van der Waals surface area contributed by atoms with Crippen molar-refractivity contribution in [3.8, 4) is 0 Å². The van der Waals surface area contributed by atoms with Gasteiger partial charge in [0.15, 0.2) is 0 Å². The standard InChI is InChI=1S/C13H15NO4S/c15-8-5-9(13(17)18)14(6-8)12(16)11-4-7-2-1-3-10(7)19-11/h4,8-9,15H,1-3,5-6H2,(H,17,18)/t8?,9-/m0/s1. The van der Waals surface area contributed by atoms with Crippen molar-refractivity contribution in [2.24, 2.45) is 0 Å². The molecular weight excluding hydrogens is 266 g/mol. The van der Waals surface area contributed by atoms with E-state index < -0.39 is 18.1 Å². The number of aryl methyl sites for hydroxylation is 2. The van der Waals surface area contributed by atoms with E-state index in [2.05, 4.69) is 0 Å². The zero-order chi connectivity index (χ0) is 13.6. The minimum Gasteiger partial charge on any atom is -0.480 e. The van der Waals surface area contributed by atoms with E-state index in [0.717, 1.165) is 19.3 Å². The molecule has 19 heavy (non-hydrogen) atoms. The summed E-state index contributed by atoms with van der Waals surface area (Å²) in [5.74, 6) is -1.31. The van der Waals surface area contributed by atoms with Crippen molar-refractivity contribution in [3.05, 3.63) is 21.4 Å². The van der Waals surface area contributed by atoms with Crippen LogP contribution in [0.15, 0.2) is 6.07 Å². The third-order valence-electron chi connectivity index (χ3n) is 3.78. The second kappa shape index (κ2) is 4.61. The van der Waals surface area contributed by atoms with Crippen molar-refractivity contribution < 1.29 is 19.8 Å². The Morgan fingerprint density at radius 2 is 2.16 bits per heavy atom. The molecule has 1 aromatic heterocycles. The van der Waals surface area contributed by atoms with Gasteiger partial charge in [0.25, 0.3) is 5.91 Å². The molecule has 0 spiro atoms. The molecule has 2 heterocycles. The molecule has 2 aliphatic rings. The molecular formula is C13H15NO4S. The van der Waals surface area contributed by atoms with E-state index in [-0.39, 0.29) is 18.9 Å². The van der Waals surface area contributed by atoms with E-state index in [1.54, 1.807) is 0 Å². The van der Waals surface area contributed by atoms with Crippen LogP contribution in [0.3, 0.4) is 0 Å². The average Bonchev–Trinajstić information content (AvgIpc) is 2.99. The zero-order valence-electron chi connectivity index (χ0n) is 10.3. The number of likely N-dealkylation sites (tertiary alicyclic amines) is 1. The van der Waals surface area contributed by atoms with Crippen LogP contribution in [-0.4, -0.2) is 45.7 Å². The van der Waals surface area contributed by atoms with Crippen molar-refractivity contribution >= 4 is 23.2 Å². The minimum absolute atomic E-state index is 0.109. The van der Waals surface area contributed by atoms with Crippen LogP contribution in [0.1, 0.15) is 33.0 Å². The fourth-order valence-electron chi connectivity index (χ4n) is 2.85. The van der Waals surface area contributed by atoms with Gasteiger partial charge in [0, 0.05) is 17.8 Å². The average molecular weight is 281 g/mol. The van der Waals surface area contributed by atoms with Gasteiger partial charge < -0.3 is 15.1 Å². The Labute approximate surface area is 114 Å². The molecule has 2 atom stereocenters. The molecule has 1 fully saturated rings. The lowest BCUT2D eigenvalue weighted by molar-refractivity contribution is -0.141. The molecule has 5 nitrogen and oxygen atoms in total. The maximum absolute atomic E-state index is 12.4. The summed E-state index contributed by atoms with van der Waals surface area (Å²) in [6.45, 7) is 0.109. The van der Waals surface area contributed by atoms with Crippen LogP contribution in [0.2, 0.25) is 0 Å². The fraction of sp³-hybridized carbons (Fsp3) is 0.538. The van der Waals surface area contributed by atoms with Crippen LogP contribution in [0.5, 0.6) is 0 Å². The predicted molar refractivity (Wildman–Crippen MR) is 69.4 cm³/mol. The van der Waals surface area contributed by atoms with E-state index in [1.165, 1.54) is 26.7 Å². The first-order valence-electron chi connectivity index (χ1n) is 6.39. The van der Waals surface area contributed by atoms with Crippen molar-refractivity contribution in [2.45, 2.75) is 37.8 Å². The van der Waals surface area contributed by atoms with Gasteiger partial charge in [-0.1, -0.05) is 0 Å². The van der Waals surface area contributed by atoms with Crippen molar-refractivity contribution in [1.29, 1.82) is 0 Å². The van der Waals surface area contributed by atoms with Crippen molar-refractivity contribution in [3.63, 3.8) is 0 Å². The van der Waals surface area contributed by atoms with Crippen LogP contribution in [0.25, 0.3) is 0 Å². The van der Waals surface area contributed by atoms with Gasteiger partial charge in [-0.3, -0.25) is 4.79 Å². The highest BCUT2D eigenvalue weighted by Crippen LogP contribution is 2.32. The Morgan fingerprint density at radius 3 is 2.84 bits per heavy atom. The topological polar surface area (TPSA) is 77.8 Å². The molecule has 1 aromatic rings. The number of nitrogens with zero attached hydrogens (tertiary/aromatic N) is 1. The van der Waals surface area contributed by atoms with Gasteiger partial charge >= 0.3 is 5.97 Å². The summed E-state index contributed by atoms with van der Waals surface area (Å²) in [4.78, 5) is 26.6. The molecule has 2 N–H and O–H groups in total. The highest BCUT2D eigenvalue weighted by molar-refractivity contribution is 7.14. The van der Waals surface area contributed by atoms with Crippen molar-refractivity contribution in [1.82, 2.24) is 4.90 Å². The van der Waals surface area contributed by atoms with Crippen LogP contribution < -0.4 is 0 Å². The number of carbonyl (C=O) groups excluding carboxylic acids is 1. The summed E-state index contributed by atoms with van der Waals surface area (Å²) in [6.07, 6.45) is 2.53. The predicted octanol–water partition coefficient (Wildman–Crippen LogP) is 0.897. The number of carboxylic acid groups (broad SMARTS) is 1. The highest BCUT2D eigenvalue weighted by Gasteiger charge is 2.39. The number of amides is 1. The minimum atomic E-state index is -1.05. The monoisotopic (exact) mass is 281 g/mol. The molecule has 1 aliphatic carbocycles. The molecule has 3 rings (SSSR count). The summed E-state index contributed by atoms with van der Waals surface area (Å²) >= 11 is 1.47. The fourth-order valence-corrected chi connectivity index (χ4v) is 4.06. The van der Waals surface area contributed by atoms with Gasteiger partial charge in [-0.2, -0.15) is 0 Å². The Hall–Kier alpha value is -1.40. The number of fused-ring (bicyclic) bond motifs is 1. The molecule has 0 aromatic carbocycles. The largest absolute Gasteiger partial charge is 0.480 e. The first kappa shape index (κ1) is 12.6. The molecule has 6 heteroatoms. The normalized spacial score (nSPS) is 25.6. The van der Waals surface area contributed by atoms with Gasteiger partial charge in [0.2, 0.25) is 0 Å². The quantitative estimate of drug-likeness (QED) is 0.844. The molecule has 1 amide bonds. The number of aliphatic carboxylic acids is 1. The molecule has 1 aliphatic heterocycles. The second-order valence-corrected chi connectivity index (χ2v) is 6.25. The number of hydrogen-bond donors (Lipinski definition) is 2. The van der Waals surface area contributed by atoms with Crippen molar-refractivity contribution in [2.75, 3.05) is 6.54 Å². The second-order valence-electron chi connectivity index (χ2n) is 5.11. The lowest BCUT2D eigenvalue weighted by Gasteiger charge is -2.20. The van der Waals surface area contributed by atoms with Gasteiger partial charge in [-0.25, -0.2) is 4.79 Å². The number of aliphatic hydroxyl groups is 1. The summed E-state index contributed by atoms with van der Waals surface area (Å²) in [5, 5.41) is 18.7. The summed E-state index contributed by atoms with van der Waals surface area (Å²) < 4.78 is 0. The molecule has 1 unspecified atom stereocenters. The Bertz CT molecular complexity index is 517. The van der Waals surface area contributed by atoms with E-state index in [9.17, 15) is 14.7 Å². The highest BCUT2D eigenvalue weighted by atomic mass is 32.1. The van der Waals surface area contributed by atoms with E-state index in [1.807, 2.05) is 6.07 Å². The van der Waals surface area contributed by atoms with Crippen LogP contribution in [0, 0.1) is 0 Å². The lowest BCUT2D eigenvalue weighted by atomic mass is 10.2. The first-order chi connectivity index (χ1) is 9.06. The Kier molecular flexibility index (Phi) is 3.06. The maximum Gasteiger partial charge on any atom is 0.326 e. The SMILES string of the molecule is O=C(O)[C@@H]1CC(O)CN1C(=O)c1cc2c(s1)CCC2. The third-order valence-corrected chi connectivity index (χ3v) is 5.01. The van der Waals surface area contributed by atoms with Gasteiger partial charge in [0.1, 0.15) is 6.04 Å². The first-order valence-corrected chi connectivity index (χ1v) is 7.21. The zero-order valence-corrected chi connectivity index (χ0v) is 11.2. The Balaban J connectivity index is 1.84. The number of hydrogen-bond acceptors (Lipinski definition) is 4. The molecule has 0 bridgehead atoms. The van der Waals surface area contributed by atoms with Gasteiger partial charge in [-0.15, -0.1) is 11.3 Å². The summed E-state index contributed by atoms with van der Waals surface area (Å²) in [6, 6.07) is 0.985.